The Hall–Kier alpha value is -0.910. The van der Waals surface area contributed by atoms with Crippen LogP contribution in [0.15, 0.2) is 17.5 Å². The lowest BCUT2D eigenvalue weighted by atomic mass is 9.79. The van der Waals surface area contributed by atoms with E-state index in [1.165, 1.54) is 43.4 Å². The smallest absolute Gasteiger partial charge is 0.261 e. The Morgan fingerprint density at radius 2 is 2.05 bits per heavy atom. The summed E-state index contributed by atoms with van der Waals surface area (Å²) in [5.41, 5.74) is 0.148. The van der Waals surface area contributed by atoms with Gasteiger partial charge in [-0.05, 0) is 24.3 Å². The van der Waals surface area contributed by atoms with Crippen molar-refractivity contribution in [3.63, 3.8) is 0 Å². The molecule has 0 atom stereocenters. The van der Waals surface area contributed by atoms with E-state index in [9.17, 15) is 4.79 Å². The van der Waals surface area contributed by atoms with Crippen molar-refractivity contribution in [2.45, 2.75) is 37.6 Å². The predicted molar refractivity (Wildman–Crippen MR) is 84.9 cm³/mol. The molecule has 1 N–H and O–H groups in total. The highest BCUT2D eigenvalue weighted by molar-refractivity contribution is 7.12. The van der Waals surface area contributed by atoms with Crippen LogP contribution >= 0.6 is 11.3 Å². The van der Waals surface area contributed by atoms with E-state index in [-0.39, 0.29) is 11.4 Å². The van der Waals surface area contributed by atoms with E-state index in [0.29, 0.717) is 0 Å². The standard InChI is InChI=1S/C16H24N2O2S/c19-15(14-5-4-12-21-14)17-13-16(6-2-1-3-7-16)18-8-10-20-11-9-18/h4-5,12H,1-3,6-11,13H2,(H,17,19). The zero-order valence-electron chi connectivity index (χ0n) is 12.5. The summed E-state index contributed by atoms with van der Waals surface area (Å²) in [7, 11) is 0. The zero-order valence-corrected chi connectivity index (χ0v) is 13.3. The van der Waals surface area contributed by atoms with Crippen molar-refractivity contribution < 1.29 is 9.53 Å². The summed E-state index contributed by atoms with van der Waals surface area (Å²) in [5, 5.41) is 5.13. The first-order chi connectivity index (χ1) is 10.3. The number of ether oxygens (including phenoxy) is 1. The van der Waals surface area contributed by atoms with Crippen LogP contribution in [0, 0.1) is 0 Å². The predicted octanol–water partition coefficient (Wildman–Crippen LogP) is 2.51. The van der Waals surface area contributed by atoms with Crippen molar-refractivity contribution >= 4 is 17.2 Å². The number of rotatable bonds is 4. The molecule has 0 spiro atoms. The third kappa shape index (κ3) is 3.47. The first-order valence-electron chi connectivity index (χ1n) is 7.95. The number of nitrogens with one attached hydrogen (secondary N) is 1. The Morgan fingerprint density at radius 3 is 2.71 bits per heavy atom. The van der Waals surface area contributed by atoms with Gasteiger partial charge in [0, 0.05) is 25.2 Å². The molecule has 4 nitrogen and oxygen atoms in total. The third-order valence-corrected chi connectivity index (χ3v) is 5.66. The van der Waals surface area contributed by atoms with Crippen LogP contribution in [-0.2, 0) is 4.74 Å². The van der Waals surface area contributed by atoms with Gasteiger partial charge in [-0.15, -0.1) is 11.3 Å². The van der Waals surface area contributed by atoms with Crippen LogP contribution < -0.4 is 5.32 Å². The van der Waals surface area contributed by atoms with Crippen LogP contribution in [0.2, 0.25) is 0 Å². The fraction of sp³-hybridized carbons (Fsp3) is 0.688. The summed E-state index contributed by atoms with van der Waals surface area (Å²) in [6.45, 7) is 4.40. The number of amides is 1. The lowest BCUT2D eigenvalue weighted by molar-refractivity contribution is -0.0361. The number of thiophene rings is 1. The molecule has 2 aliphatic rings. The fourth-order valence-corrected chi connectivity index (χ4v) is 4.23. The maximum Gasteiger partial charge on any atom is 0.261 e. The van der Waals surface area contributed by atoms with E-state index < -0.39 is 0 Å². The highest BCUT2D eigenvalue weighted by Crippen LogP contribution is 2.34. The molecule has 0 bridgehead atoms. The minimum absolute atomic E-state index is 0.0724. The minimum Gasteiger partial charge on any atom is -0.379 e. The van der Waals surface area contributed by atoms with Gasteiger partial charge in [-0.3, -0.25) is 9.69 Å². The lowest BCUT2D eigenvalue weighted by Crippen LogP contribution is -2.59. The first-order valence-corrected chi connectivity index (χ1v) is 8.83. The summed E-state index contributed by atoms with van der Waals surface area (Å²) < 4.78 is 5.49. The maximum atomic E-state index is 12.2. The normalized spacial score (nSPS) is 22.9. The average Bonchev–Trinajstić information content (AvgIpc) is 3.09. The molecule has 3 rings (SSSR count). The number of carbonyl (C=O) groups is 1. The molecule has 116 valence electrons. The molecule has 2 fully saturated rings. The zero-order chi connectivity index (χ0) is 14.5. The highest BCUT2D eigenvalue weighted by Gasteiger charge is 2.38. The number of carbonyl (C=O) groups excluding carboxylic acids is 1. The highest BCUT2D eigenvalue weighted by atomic mass is 32.1. The summed E-state index contributed by atoms with van der Waals surface area (Å²) in [4.78, 5) is 15.6. The van der Waals surface area contributed by atoms with Crippen molar-refractivity contribution in [3.8, 4) is 0 Å². The van der Waals surface area contributed by atoms with Gasteiger partial charge in [0.05, 0.1) is 18.1 Å². The van der Waals surface area contributed by atoms with Crippen LogP contribution in [0.3, 0.4) is 0 Å². The summed E-state index contributed by atoms with van der Waals surface area (Å²) >= 11 is 1.51. The molecule has 1 aromatic rings. The van der Waals surface area contributed by atoms with Gasteiger partial charge in [-0.25, -0.2) is 0 Å². The Morgan fingerprint density at radius 1 is 1.29 bits per heavy atom. The average molecular weight is 308 g/mol. The van der Waals surface area contributed by atoms with Crippen molar-refractivity contribution in [2.24, 2.45) is 0 Å². The third-order valence-electron chi connectivity index (χ3n) is 4.79. The van der Waals surface area contributed by atoms with Gasteiger partial charge >= 0.3 is 0 Å². The molecule has 21 heavy (non-hydrogen) atoms. The first kappa shape index (κ1) is 15.0. The largest absolute Gasteiger partial charge is 0.379 e. The van der Waals surface area contributed by atoms with Gasteiger partial charge in [0.1, 0.15) is 0 Å². The molecule has 1 aliphatic carbocycles. The molecule has 2 heterocycles. The number of hydrogen-bond acceptors (Lipinski definition) is 4. The van der Waals surface area contributed by atoms with Gasteiger partial charge in [0.25, 0.3) is 5.91 Å². The molecule has 1 aliphatic heterocycles. The van der Waals surface area contributed by atoms with Crippen molar-refractivity contribution in [1.82, 2.24) is 10.2 Å². The number of morpholine rings is 1. The van der Waals surface area contributed by atoms with E-state index in [1.807, 2.05) is 17.5 Å². The molecular formula is C16H24N2O2S. The van der Waals surface area contributed by atoms with Crippen LogP contribution in [0.25, 0.3) is 0 Å². The molecule has 5 heteroatoms. The van der Waals surface area contributed by atoms with Crippen molar-refractivity contribution in [1.29, 1.82) is 0 Å². The van der Waals surface area contributed by atoms with E-state index in [0.717, 1.165) is 37.7 Å². The summed E-state index contributed by atoms with van der Waals surface area (Å²) in [6, 6.07) is 3.82. The lowest BCUT2D eigenvalue weighted by Gasteiger charge is -2.48. The molecule has 1 saturated heterocycles. The molecule has 0 radical (unpaired) electrons. The van der Waals surface area contributed by atoms with Gasteiger partial charge < -0.3 is 10.1 Å². The van der Waals surface area contributed by atoms with Crippen molar-refractivity contribution in [2.75, 3.05) is 32.8 Å². The van der Waals surface area contributed by atoms with Crippen LogP contribution in [0.5, 0.6) is 0 Å². The SMILES string of the molecule is O=C(NCC1(N2CCOCC2)CCCCC1)c1cccs1. The molecule has 0 aromatic carbocycles. The Bertz CT molecular complexity index is 449. The van der Waals surface area contributed by atoms with E-state index in [2.05, 4.69) is 10.2 Å². The van der Waals surface area contributed by atoms with Gasteiger partial charge in [0.15, 0.2) is 0 Å². The van der Waals surface area contributed by atoms with Crippen molar-refractivity contribution in [3.05, 3.63) is 22.4 Å². The van der Waals surface area contributed by atoms with E-state index in [1.54, 1.807) is 0 Å². The Kier molecular flexibility index (Phi) is 4.93. The second-order valence-corrected chi connectivity index (χ2v) is 6.99. The molecule has 0 unspecified atom stereocenters. The molecule has 1 saturated carbocycles. The van der Waals surface area contributed by atoms with Gasteiger partial charge in [0.2, 0.25) is 0 Å². The fourth-order valence-electron chi connectivity index (χ4n) is 3.59. The summed E-state index contributed by atoms with van der Waals surface area (Å²) in [6.07, 6.45) is 6.25. The monoisotopic (exact) mass is 308 g/mol. The van der Waals surface area contributed by atoms with Crippen LogP contribution in [-0.4, -0.2) is 49.2 Å². The molecule has 1 aromatic heterocycles. The Labute approximate surface area is 130 Å². The quantitative estimate of drug-likeness (QED) is 0.929. The number of hydrogen-bond donors (Lipinski definition) is 1. The van der Waals surface area contributed by atoms with Gasteiger partial charge in [-0.1, -0.05) is 25.3 Å². The van der Waals surface area contributed by atoms with Crippen LogP contribution in [0.1, 0.15) is 41.8 Å². The molecule has 1 amide bonds. The van der Waals surface area contributed by atoms with E-state index in [4.69, 9.17) is 4.74 Å². The number of nitrogens with zero attached hydrogens (tertiary/aromatic N) is 1. The van der Waals surface area contributed by atoms with Gasteiger partial charge in [-0.2, -0.15) is 0 Å². The second-order valence-electron chi connectivity index (χ2n) is 6.04. The van der Waals surface area contributed by atoms with E-state index >= 15 is 0 Å². The minimum atomic E-state index is 0.0724. The second kappa shape index (κ2) is 6.90. The maximum absolute atomic E-state index is 12.2. The topological polar surface area (TPSA) is 41.6 Å². The molecular weight excluding hydrogens is 284 g/mol. The summed E-state index contributed by atoms with van der Waals surface area (Å²) in [5.74, 6) is 0.0724. The Balaban J connectivity index is 1.65. The van der Waals surface area contributed by atoms with Crippen LogP contribution in [0.4, 0.5) is 0 Å².